The summed E-state index contributed by atoms with van der Waals surface area (Å²) in [5, 5.41) is 1.19. The number of aromatic nitrogens is 2. The van der Waals surface area contributed by atoms with Crippen molar-refractivity contribution in [3.63, 3.8) is 0 Å². The molecule has 2 aromatic carbocycles. The first kappa shape index (κ1) is 18.2. The van der Waals surface area contributed by atoms with Gasteiger partial charge < -0.3 is 4.98 Å². The molecular formula is C17H15Cl3N2S. The fourth-order valence-corrected chi connectivity index (χ4v) is 3.48. The third-order valence-electron chi connectivity index (χ3n) is 3.26. The van der Waals surface area contributed by atoms with Crippen molar-refractivity contribution in [2.75, 3.05) is 0 Å². The first-order valence-corrected chi connectivity index (χ1v) is 8.59. The zero-order valence-electron chi connectivity index (χ0n) is 12.1. The monoisotopic (exact) mass is 384 g/mol. The first-order chi connectivity index (χ1) is 10.7. The summed E-state index contributed by atoms with van der Waals surface area (Å²) in [4.78, 5) is 8.70. The maximum atomic E-state index is 6.07. The lowest BCUT2D eigenvalue weighted by molar-refractivity contribution is 1.00. The maximum Gasteiger partial charge on any atom is 0.110 e. The van der Waals surface area contributed by atoms with E-state index in [2.05, 4.69) is 34.2 Å². The van der Waals surface area contributed by atoms with Crippen LogP contribution in [0, 0.1) is 0 Å². The number of H-pyrrole nitrogens is 1. The van der Waals surface area contributed by atoms with Gasteiger partial charge in [-0.15, -0.1) is 24.2 Å². The Morgan fingerprint density at radius 2 is 1.87 bits per heavy atom. The second-order valence-corrected chi connectivity index (χ2v) is 6.69. The minimum absolute atomic E-state index is 0. The van der Waals surface area contributed by atoms with Gasteiger partial charge in [0.15, 0.2) is 0 Å². The van der Waals surface area contributed by atoms with Crippen molar-refractivity contribution >= 4 is 47.4 Å². The zero-order chi connectivity index (χ0) is 15.4. The Morgan fingerprint density at radius 3 is 2.61 bits per heavy atom. The molecule has 1 aromatic heterocycles. The molecule has 0 aliphatic carbocycles. The highest BCUT2D eigenvalue weighted by Gasteiger charge is 2.06. The van der Waals surface area contributed by atoms with Crippen LogP contribution in [0.4, 0.5) is 0 Å². The number of aromatic amines is 1. The van der Waals surface area contributed by atoms with Crippen LogP contribution < -0.4 is 0 Å². The maximum absolute atomic E-state index is 6.07. The third kappa shape index (κ3) is 4.92. The molecule has 0 radical (unpaired) electrons. The molecule has 0 atom stereocenters. The van der Waals surface area contributed by atoms with E-state index < -0.39 is 0 Å². The molecule has 3 rings (SSSR count). The number of nitrogens with one attached hydrogen (secondary N) is 1. The lowest BCUT2D eigenvalue weighted by Crippen LogP contribution is -1.93. The molecule has 0 saturated heterocycles. The smallest absolute Gasteiger partial charge is 0.110 e. The Bertz CT molecular complexity index is 760. The van der Waals surface area contributed by atoms with Crippen LogP contribution in [-0.2, 0) is 12.2 Å². The van der Waals surface area contributed by atoms with E-state index in [9.17, 15) is 0 Å². The van der Waals surface area contributed by atoms with Crippen molar-refractivity contribution in [3.05, 3.63) is 81.9 Å². The van der Waals surface area contributed by atoms with Gasteiger partial charge in [0.25, 0.3) is 0 Å². The zero-order valence-corrected chi connectivity index (χ0v) is 15.3. The molecule has 0 amide bonds. The van der Waals surface area contributed by atoms with E-state index in [0.29, 0.717) is 10.0 Å². The lowest BCUT2D eigenvalue weighted by atomic mass is 10.1. The van der Waals surface area contributed by atoms with E-state index >= 15 is 0 Å². The predicted molar refractivity (Wildman–Crippen MR) is 101 cm³/mol. The molecule has 0 fully saturated rings. The summed E-state index contributed by atoms with van der Waals surface area (Å²) in [7, 11) is 0. The highest BCUT2D eigenvalue weighted by Crippen LogP contribution is 2.30. The van der Waals surface area contributed by atoms with E-state index in [0.717, 1.165) is 23.6 Å². The Kier molecular flexibility index (Phi) is 6.85. The molecule has 1 heterocycles. The van der Waals surface area contributed by atoms with E-state index in [4.69, 9.17) is 23.2 Å². The minimum Gasteiger partial charge on any atom is -0.348 e. The average Bonchev–Trinajstić information content (AvgIpc) is 3.03. The number of hydrogen-bond donors (Lipinski definition) is 1. The van der Waals surface area contributed by atoms with Crippen molar-refractivity contribution in [2.45, 2.75) is 17.1 Å². The van der Waals surface area contributed by atoms with Crippen LogP contribution in [0.15, 0.2) is 59.8 Å². The molecule has 0 unspecified atom stereocenters. The molecule has 6 heteroatoms. The molecule has 0 saturated carbocycles. The summed E-state index contributed by atoms with van der Waals surface area (Å²) in [5.41, 5.74) is 2.43. The van der Waals surface area contributed by atoms with Crippen molar-refractivity contribution in [1.29, 1.82) is 0 Å². The van der Waals surface area contributed by atoms with Crippen LogP contribution in [0.2, 0.25) is 10.0 Å². The molecule has 120 valence electrons. The van der Waals surface area contributed by atoms with Gasteiger partial charge in [-0.25, -0.2) is 4.98 Å². The largest absolute Gasteiger partial charge is 0.348 e. The predicted octanol–water partition coefficient (Wildman–Crippen LogP) is 6.02. The molecule has 0 bridgehead atoms. The summed E-state index contributed by atoms with van der Waals surface area (Å²) in [6.45, 7) is 0. The Morgan fingerprint density at radius 1 is 1.04 bits per heavy atom. The van der Waals surface area contributed by atoms with Gasteiger partial charge in [0.05, 0.1) is 10.0 Å². The van der Waals surface area contributed by atoms with Crippen LogP contribution in [-0.4, -0.2) is 9.97 Å². The number of nitrogens with zero attached hydrogens (tertiary/aromatic N) is 1. The van der Waals surface area contributed by atoms with E-state index in [1.165, 1.54) is 10.5 Å². The summed E-state index contributed by atoms with van der Waals surface area (Å²) in [6.07, 6.45) is 4.43. The van der Waals surface area contributed by atoms with Gasteiger partial charge in [-0.2, -0.15) is 0 Å². The molecule has 2 nitrogen and oxygen atoms in total. The van der Waals surface area contributed by atoms with E-state index in [1.54, 1.807) is 18.0 Å². The lowest BCUT2D eigenvalue weighted by Gasteiger charge is -2.08. The molecule has 0 aliphatic heterocycles. The molecule has 3 aromatic rings. The minimum atomic E-state index is 0. The van der Waals surface area contributed by atoms with Gasteiger partial charge in [0.2, 0.25) is 0 Å². The first-order valence-electron chi connectivity index (χ1n) is 6.85. The van der Waals surface area contributed by atoms with Crippen LogP contribution in [0.1, 0.15) is 17.0 Å². The summed E-state index contributed by atoms with van der Waals surface area (Å²) < 4.78 is 0. The number of thioether (sulfide) groups is 1. The number of halogens is 3. The second-order valence-electron chi connectivity index (χ2n) is 4.86. The van der Waals surface area contributed by atoms with Crippen LogP contribution >= 0.6 is 47.4 Å². The Balaban J connectivity index is 0.00000192. The van der Waals surface area contributed by atoms with Gasteiger partial charge in [-0.3, -0.25) is 0 Å². The molecular weight excluding hydrogens is 371 g/mol. The fraction of sp³-hybridized carbons (Fsp3) is 0.118. The van der Waals surface area contributed by atoms with Crippen LogP contribution in [0.3, 0.4) is 0 Å². The highest BCUT2D eigenvalue weighted by atomic mass is 35.5. The standard InChI is InChI=1S/C17H14Cl2N2S.ClH/c18-14-6-5-12(9-15(14)19)11-22-16-4-2-1-3-13(16)10-17-20-7-8-21-17;/h1-9H,10-11H2,(H,20,21);1H. The van der Waals surface area contributed by atoms with Crippen molar-refractivity contribution < 1.29 is 0 Å². The molecule has 23 heavy (non-hydrogen) atoms. The number of hydrogen-bond acceptors (Lipinski definition) is 2. The quantitative estimate of drug-likeness (QED) is 0.544. The summed E-state index contributed by atoms with van der Waals surface area (Å²) in [6, 6.07) is 14.2. The van der Waals surface area contributed by atoms with Gasteiger partial charge >= 0.3 is 0 Å². The molecule has 1 N–H and O–H groups in total. The van der Waals surface area contributed by atoms with E-state index in [-0.39, 0.29) is 12.4 Å². The average molecular weight is 386 g/mol. The second kappa shape index (κ2) is 8.65. The van der Waals surface area contributed by atoms with Gasteiger partial charge in [0, 0.05) is 29.5 Å². The Hall–Kier alpha value is -1.13. The van der Waals surface area contributed by atoms with Gasteiger partial charge in [-0.1, -0.05) is 47.5 Å². The molecule has 0 spiro atoms. The SMILES string of the molecule is Cl.Clc1ccc(CSc2ccccc2Cc2ncc[nH]2)cc1Cl. The van der Waals surface area contributed by atoms with Crippen LogP contribution in [0.5, 0.6) is 0 Å². The number of rotatable bonds is 5. The van der Waals surface area contributed by atoms with Crippen molar-refractivity contribution in [3.8, 4) is 0 Å². The van der Waals surface area contributed by atoms with Crippen LogP contribution in [0.25, 0.3) is 0 Å². The Labute approximate surface area is 156 Å². The topological polar surface area (TPSA) is 28.7 Å². The summed E-state index contributed by atoms with van der Waals surface area (Å²) in [5.74, 6) is 1.83. The van der Waals surface area contributed by atoms with E-state index in [1.807, 2.05) is 24.4 Å². The van der Waals surface area contributed by atoms with Crippen molar-refractivity contribution in [1.82, 2.24) is 9.97 Å². The van der Waals surface area contributed by atoms with Crippen molar-refractivity contribution in [2.24, 2.45) is 0 Å². The third-order valence-corrected chi connectivity index (χ3v) is 5.19. The van der Waals surface area contributed by atoms with Gasteiger partial charge in [0.1, 0.15) is 5.82 Å². The normalized spacial score (nSPS) is 10.3. The number of imidazole rings is 1. The fourth-order valence-electron chi connectivity index (χ4n) is 2.16. The highest BCUT2D eigenvalue weighted by molar-refractivity contribution is 7.98. The van der Waals surface area contributed by atoms with Gasteiger partial charge in [-0.05, 0) is 29.3 Å². The molecule has 0 aliphatic rings. The number of benzene rings is 2. The summed E-state index contributed by atoms with van der Waals surface area (Å²) >= 11 is 13.8.